The monoisotopic (exact) mass is 374 g/mol. The first-order chi connectivity index (χ1) is 10.8. The molecule has 1 aliphatic carbocycles. The van der Waals surface area contributed by atoms with Gasteiger partial charge in [-0.15, -0.1) is 0 Å². The fourth-order valence-electron chi connectivity index (χ4n) is 3.61. The standard InChI is InChI=1S/C20H20BrFO/c1-12(21)19(23)18-17(20(18,2)3)14-9-10-16(22)15(11-14)13-7-5-4-6-8-13/h4-12,17-18H,1-3H3. The Hall–Kier alpha value is -1.48. The molecule has 2 aromatic carbocycles. The molecule has 0 spiro atoms. The molecule has 23 heavy (non-hydrogen) atoms. The van der Waals surface area contributed by atoms with Crippen LogP contribution in [0, 0.1) is 17.2 Å². The summed E-state index contributed by atoms with van der Waals surface area (Å²) in [4.78, 5) is 12.3. The van der Waals surface area contributed by atoms with E-state index in [9.17, 15) is 9.18 Å². The molecule has 0 bridgehead atoms. The Balaban J connectivity index is 1.98. The Bertz CT molecular complexity index is 737. The zero-order valence-corrected chi connectivity index (χ0v) is 15.1. The normalized spacial score (nSPS) is 23.3. The van der Waals surface area contributed by atoms with E-state index in [0.29, 0.717) is 5.56 Å². The van der Waals surface area contributed by atoms with E-state index in [1.54, 1.807) is 0 Å². The van der Waals surface area contributed by atoms with Gasteiger partial charge in [-0.25, -0.2) is 4.39 Å². The third kappa shape index (κ3) is 2.87. The van der Waals surface area contributed by atoms with Crippen LogP contribution >= 0.6 is 15.9 Å². The molecule has 1 nitrogen and oxygen atoms in total. The summed E-state index contributed by atoms with van der Waals surface area (Å²) in [5, 5.41) is 0. The van der Waals surface area contributed by atoms with Gasteiger partial charge in [0.15, 0.2) is 0 Å². The van der Waals surface area contributed by atoms with Gasteiger partial charge in [0.2, 0.25) is 0 Å². The highest BCUT2D eigenvalue weighted by atomic mass is 79.9. The summed E-state index contributed by atoms with van der Waals surface area (Å²) in [6, 6.07) is 14.8. The second kappa shape index (κ2) is 5.86. The van der Waals surface area contributed by atoms with E-state index in [1.807, 2.05) is 49.4 Å². The number of rotatable bonds is 4. The van der Waals surface area contributed by atoms with Crippen LogP contribution in [-0.4, -0.2) is 10.6 Å². The predicted molar refractivity (Wildman–Crippen MR) is 95.2 cm³/mol. The molecule has 0 radical (unpaired) electrons. The first kappa shape index (κ1) is 16.4. The maximum Gasteiger partial charge on any atom is 0.150 e. The maximum atomic E-state index is 14.2. The van der Waals surface area contributed by atoms with E-state index in [1.165, 1.54) is 6.07 Å². The van der Waals surface area contributed by atoms with Crippen LogP contribution in [-0.2, 0) is 4.79 Å². The molecule has 0 saturated heterocycles. The van der Waals surface area contributed by atoms with Gasteiger partial charge in [0.1, 0.15) is 11.6 Å². The number of Topliss-reactive ketones (excluding diaryl/α,β-unsaturated/α-hetero) is 1. The van der Waals surface area contributed by atoms with Gasteiger partial charge < -0.3 is 0 Å². The maximum absolute atomic E-state index is 14.2. The average Bonchev–Trinajstić information content (AvgIpc) is 3.10. The van der Waals surface area contributed by atoms with Crippen LogP contribution in [0.1, 0.15) is 32.3 Å². The first-order valence-electron chi connectivity index (χ1n) is 7.86. The fraction of sp³-hybridized carbons (Fsp3) is 0.350. The van der Waals surface area contributed by atoms with E-state index >= 15 is 0 Å². The molecule has 0 aromatic heterocycles. The Morgan fingerprint density at radius 1 is 1.17 bits per heavy atom. The third-order valence-electron chi connectivity index (χ3n) is 4.96. The molecular formula is C20H20BrFO. The molecule has 0 aliphatic heterocycles. The molecule has 120 valence electrons. The lowest BCUT2D eigenvalue weighted by Crippen LogP contribution is -2.15. The molecule has 0 amide bonds. The summed E-state index contributed by atoms with van der Waals surface area (Å²) < 4.78 is 14.2. The number of carbonyl (C=O) groups excluding carboxylic acids is 1. The Kier molecular flexibility index (Phi) is 4.18. The smallest absolute Gasteiger partial charge is 0.150 e. The zero-order chi connectivity index (χ0) is 16.8. The highest BCUT2D eigenvalue weighted by molar-refractivity contribution is 9.10. The minimum Gasteiger partial charge on any atom is -0.298 e. The van der Waals surface area contributed by atoms with Crippen molar-refractivity contribution in [2.75, 3.05) is 0 Å². The number of hydrogen-bond acceptors (Lipinski definition) is 1. The first-order valence-corrected chi connectivity index (χ1v) is 8.78. The van der Waals surface area contributed by atoms with Gasteiger partial charge >= 0.3 is 0 Å². The molecule has 1 saturated carbocycles. The van der Waals surface area contributed by atoms with Gasteiger partial charge in [0.05, 0.1) is 4.83 Å². The summed E-state index contributed by atoms with van der Waals surface area (Å²) in [5.41, 5.74) is 2.43. The van der Waals surface area contributed by atoms with Gasteiger partial charge in [-0.1, -0.05) is 66.2 Å². The highest BCUT2D eigenvalue weighted by Crippen LogP contribution is 2.65. The SMILES string of the molecule is CC(Br)C(=O)C1C(c2ccc(F)c(-c3ccccc3)c2)C1(C)C. The van der Waals surface area contributed by atoms with Crippen LogP contribution in [0.15, 0.2) is 48.5 Å². The van der Waals surface area contributed by atoms with Crippen molar-refractivity contribution in [1.82, 2.24) is 0 Å². The number of alkyl halides is 1. The minimum absolute atomic E-state index is 0.00837. The molecule has 3 heteroatoms. The topological polar surface area (TPSA) is 17.1 Å². The lowest BCUT2D eigenvalue weighted by molar-refractivity contribution is -0.120. The Labute approximate surface area is 145 Å². The molecule has 1 aliphatic rings. The highest BCUT2D eigenvalue weighted by Gasteiger charge is 2.62. The largest absolute Gasteiger partial charge is 0.298 e. The van der Waals surface area contributed by atoms with Crippen molar-refractivity contribution in [3.63, 3.8) is 0 Å². The summed E-state index contributed by atoms with van der Waals surface area (Å²) in [6.07, 6.45) is 0. The van der Waals surface area contributed by atoms with E-state index in [0.717, 1.165) is 11.1 Å². The molecule has 0 heterocycles. The summed E-state index contributed by atoms with van der Waals surface area (Å²) >= 11 is 3.39. The molecule has 2 aromatic rings. The zero-order valence-electron chi connectivity index (χ0n) is 13.5. The van der Waals surface area contributed by atoms with Gasteiger partial charge in [-0.3, -0.25) is 4.79 Å². The Morgan fingerprint density at radius 3 is 2.43 bits per heavy atom. The molecule has 3 unspecified atom stereocenters. The van der Waals surface area contributed by atoms with Crippen LogP contribution in [0.5, 0.6) is 0 Å². The average molecular weight is 375 g/mol. The van der Waals surface area contributed by atoms with Crippen LogP contribution in [0.2, 0.25) is 0 Å². The predicted octanol–water partition coefficient (Wildman–Crippen LogP) is 5.58. The summed E-state index contributed by atoms with van der Waals surface area (Å²) in [7, 11) is 0. The fourth-order valence-corrected chi connectivity index (χ4v) is 3.90. The van der Waals surface area contributed by atoms with Crippen molar-refractivity contribution in [2.24, 2.45) is 11.3 Å². The van der Waals surface area contributed by atoms with Gasteiger partial charge in [-0.2, -0.15) is 0 Å². The molecular weight excluding hydrogens is 355 g/mol. The molecule has 3 atom stereocenters. The number of hydrogen-bond donors (Lipinski definition) is 0. The number of ketones is 1. The minimum atomic E-state index is -0.227. The van der Waals surface area contributed by atoms with Crippen LogP contribution in [0.4, 0.5) is 4.39 Å². The van der Waals surface area contributed by atoms with Gasteiger partial charge in [0, 0.05) is 17.4 Å². The number of halogens is 2. The van der Waals surface area contributed by atoms with E-state index in [2.05, 4.69) is 29.8 Å². The number of carbonyl (C=O) groups is 1. The third-order valence-corrected chi connectivity index (χ3v) is 5.41. The lowest BCUT2D eigenvalue weighted by Gasteiger charge is -2.08. The van der Waals surface area contributed by atoms with Crippen LogP contribution < -0.4 is 0 Å². The second-order valence-electron chi connectivity index (χ2n) is 6.90. The second-order valence-corrected chi connectivity index (χ2v) is 8.27. The number of benzene rings is 2. The van der Waals surface area contributed by atoms with Crippen molar-refractivity contribution in [3.8, 4) is 11.1 Å². The van der Waals surface area contributed by atoms with Gasteiger partial charge in [-0.05, 0) is 35.6 Å². The summed E-state index contributed by atoms with van der Waals surface area (Å²) in [5.74, 6) is 0.143. The van der Waals surface area contributed by atoms with Crippen molar-refractivity contribution in [1.29, 1.82) is 0 Å². The lowest BCUT2D eigenvalue weighted by atomic mass is 9.97. The van der Waals surface area contributed by atoms with E-state index < -0.39 is 0 Å². The molecule has 0 N–H and O–H groups in total. The van der Waals surface area contributed by atoms with Crippen LogP contribution in [0.25, 0.3) is 11.1 Å². The quantitative estimate of drug-likeness (QED) is 0.637. The Morgan fingerprint density at radius 2 is 1.83 bits per heavy atom. The van der Waals surface area contributed by atoms with Gasteiger partial charge in [0.25, 0.3) is 0 Å². The van der Waals surface area contributed by atoms with Crippen LogP contribution in [0.3, 0.4) is 0 Å². The van der Waals surface area contributed by atoms with E-state index in [-0.39, 0.29) is 33.7 Å². The van der Waals surface area contributed by atoms with E-state index in [4.69, 9.17) is 0 Å². The summed E-state index contributed by atoms with van der Waals surface area (Å²) in [6.45, 7) is 6.09. The van der Waals surface area contributed by atoms with Crippen molar-refractivity contribution in [2.45, 2.75) is 31.5 Å². The van der Waals surface area contributed by atoms with Crippen molar-refractivity contribution < 1.29 is 9.18 Å². The van der Waals surface area contributed by atoms with Crippen molar-refractivity contribution >= 4 is 21.7 Å². The van der Waals surface area contributed by atoms with Crippen molar-refractivity contribution in [3.05, 3.63) is 59.9 Å². The molecule has 3 rings (SSSR count). The molecule has 1 fully saturated rings.